The maximum Gasteiger partial charge on any atom is 0.454 e. The highest BCUT2D eigenvalue weighted by molar-refractivity contribution is 5.99. The molecule has 0 spiro atoms. The van der Waals surface area contributed by atoms with Crippen molar-refractivity contribution in [3.05, 3.63) is 30.1 Å². The first-order chi connectivity index (χ1) is 9.77. The monoisotopic (exact) mass is 301 g/mol. The zero-order valence-electron chi connectivity index (χ0n) is 11.5. The summed E-state index contributed by atoms with van der Waals surface area (Å²) in [5, 5.41) is 7.81. The minimum atomic E-state index is -4.90. The van der Waals surface area contributed by atoms with Crippen LogP contribution in [0.2, 0.25) is 0 Å². The van der Waals surface area contributed by atoms with Gasteiger partial charge in [0.15, 0.2) is 0 Å². The molecule has 2 heterocycles. The molecule has 0 aliphatic rings. The minimum Gasteiger partial charge on any atom is -0.284 e. The first-order valence-electron chi connectivity index (χ1n) is 6.28. The van der Waals surface area contributed by atoms with E-state index in [4.69, 9.17) is 0 Å². The average molecular weight is 301 g/mol. The topological polar surface area (TPSA) is 65.6 Å². The molecule has 0 aliphatic carbocycles. The van der Waals surface area contributed by atoms with E-state index < -0.39 is 17.5 Å². The van der Waals surface area contributed by atoms with Gasteiger partial charge in [-0.1, -0.05) is 13.8 Å². The van der Waals surface area contributed by atoms with Crippen molar-refractivity contribution in [1.29, 1.82) is 0 Å². The van der Waals surface area contributed by atoms with Crippen LogP contribution in [-0.2, 0) is 13.1 Å². The Bertz CT molecular complexity index is 629. The predicted molar refractivity (Wildman–Crippen MR) is 66.6 cm³/mol. The van der Waals surface area contributed by atoms with Crippen LogP contribution in [0.1, 0.15) is 30.0 Å². The molecule has 0 fully saturated rings. The van der Waals surface area contributed by atoms with E-state index in [2.05, 4.69) is 15.2 Å². The summed E-state index contributed by atoms with van der Waals surface area (Å²) in [4.78, 5) is 15.1. The zero-order valence-corrected chi connectivity index (χ0v) is 11.5. The quantitative estimate of drug-likeness (QED) is 0.791. The van der Waals surface area contributed by atoms with Crippen LogP contribution in [0.5, 0.6) is 0 Å². The molecule has 6 nitrogen and oxygen atoms in total. The van der Waals surface area contributed by atoms with Crippen molar-refractivity contribution >= 4 is 5.78 Å². The number of carbonyl (C=O) groups is 1. The summed E-state index contributed by atoms with van der Waals surface area (Å²) in [7, 11) is 0. The molecule has 0 aliphatic heterocycles. The lowest BCUT2D eigenvalue weighted by Crippen LogP contribution is -2.22. The number of alkyl halides is 3. The van der Waals surface area contributed by atoms with Crippen LogP contribution in [0.25, 0.3) is 0 Å². The maximum absolute atomic E-state index is 12.3. The van der Waals surface area contributed by atoms with Crippen LogP contribution >= 0.6 is 0 Å². The lowest BCUT2D eigenvalue weighted by Gasteiger charge is -2.08. The number of rotatable bonds is 5. The van der Waals surface area contributed by atoms with E-state index in [0.717, 1.165) is 12.4 Å². The van der Waals surface area contributed by atoms with Crippen molar-refractivity contribution in [2.45, 2.75) is 33.1 Å². The molecular weight excluding hydrogens is 287 g/mol. The first-order valence-corrected chi connectivity index (χ1v) is 6.28. The van der Waals surface area contributed by atoms with E-state index >= 15 is 0 Å². The minimum absolute atomic E-state index is 0.151. The molecule has 0 saturated carbocycles. The van der Waals surface area contributed by atoms with Crippen LogP contribution in [0.3, 0.4) is 0 Å². The van der Waals surface area contributed by atoms with E-state index in [1.54, 1.807) is 4.68 Å². The molecule has 0 N–H and O–H groups in total. The summed E-state index contributed by atoms with van der Waals surface area (Å²) in [5.74, 6) is -0.986. The average Bonchev–Trinajstić information content (AvgIpc) is 2.97. The number of Topliss-reactive ketones (excluding diaryl/α,β-unsaturated/α-hetero) is 1. The Morgan fingerprint density at radius 2 is 2.05 bits per heavy atom. The van der Waals surface area contributed by atoms with Crippen LogP contribution < -0.4 is 0 Å². The van der Waals surface area contributed by atoms with Gasteiger partial charge in [0.1, 0.15) is 18.7 Å². The zero-order chi connectivity index (χ0) is 15.6. The summed E-state index contributed by atoms with van der Waals surface area (Å²) in [6.45, 7) is 4.82. The molecule has 0 unspecified atom stereocenters. The van der Waals surface area contributed by atoms with Gasteiger partial charge in [-0.05, 0) is 5.92 Å². The molecule has 0 amide bonds. The van der Waals surface area contributed by atoms with Crippen LogP contribution in [0, 0.1) is 5.92 Å². The largest absolute Gasteiger partial charge is 0.454 e. The summed E-state index contributed by atoms with van der Waals surface area (Å²) in [5.41, 5.74) is -0.488. The fraction of sp³-hybridized carbons (Fsp3) is 0.500. The van der Waals surface area contributed by atoms with Gasteiger partial charge in [0, 0.05) is 12.7 Å². The number of ketones is 1. The Balaban J connectivity index is 2.13. The lowest BCUT2D eigenvalue weighted by atomic mass is 10.2. The molecule has 21 heavy (non-hydrogen) atoms. The molecular formula is C12H14F3N5O. The number of nitrogens with zero attached hydrogens (tertiary/aromatic N) is 5. The molecule has 2 aromatic heterocycles. The van der Waals surface area contributed by atoms with Gasteiger partial charge in [-0.15, -0.1) is 0 Å². The summed E-state index contributed by atoms with van der Waals surface area (Å²) >= 11 is 0. The second kappa shape index (κ2) is 5.66. The number of halogens is 3. The third-order valence-corrected chi connectivity index (χ3v) is 2.69. The first kappa shape index (κ1) is 15.2. The third-order valence-electron chi connectivity index (χ3n) is 2.69. The van der Waals surface area contributed by atoms with E-state index in [9.17, 15) is 18.0 Å². The SMILES string of the molecule is CC(C)Cn1ncnc1Cn1cc(C(=O)C(F)(F)F)cn1. The molecule has 114 valence electrons. The van der Waals surface area contributed by atoms with Gasteiger partial charge in [-0.3, -0.25) is 9.48 Å². The van der Waals surface area contributed by atoms with Crippen molar-refractivity contribution in [3.63, 3.8) is 0 Å². The van der Waals surface area contributed by atoms with Crippen molar-refractivity contribution in [1.82, 2.24) is 24.5 Å². The Morgan fingerprint density at radius 1 is 1.33 bits per heavy atom. The smallest absolute Gasteiger partial charge is 0.284 e. The fourth-order valence-electron chi connectivity index (χ4n) is 1.78. The molecule has 0 radical (unpaired) electrons. The van der Waals surface area contributed by atoms with Gasteiger partial charge >= 0.3 is 6.18 Å². The number of aromatic nitrogens is 5. The van der Waals surface area contributed by atoms with E-state index in [1.807, 2.05) is 13.8 Å². The molecule has 0 atom stereocenters. The number of hydrogen-bond donors (Lipinski definition) is 0. The van der Waals surface area contributed by atoms with Crippen LogP contribution in [0.15, 0.2) is 18.7 Å². The molecule has 0 saturated heterocycles. The second-order valence-corrected chi connectivity index (χ2v) is 5.01. The Morgan fingerprint density at radius 3 is 2.67 bits per heavy atom. The molecule has 0 bridgehead atoms. The Labute approximate surface area is 118 Å². The fourth-order valence-corrected chi connectivity index (χ4v) is 1.78. The lowest BCUT2D eigenvalue weighted by molar-refractivity contribution is -0.0885. The summed E-state index contributed by atoms with van der Waals surface area (Å²) in [6.07, 6.45) is -1.56. The standard InChI is InChI=1S/C12H14F3N5O/c1-8(2)4-20-10(16-7-18-20)6-19-5-9(3-17-19)11(21)12(13,14)15/h3,5,7-8H,4,6H2,1-2H3. The Hall–Kier alpha value is -2.19. The number of hydrogen-bond acceptors (Lipinski definition) is 4. The number of carbonyl (C=O) groups excluding carboxylic acids is 1. The predicted octanol–water partition coefficient (Wildman–Crippen LogP) is 1.92. The van der Waals surface area contributed by atoms with Crippen molar-refractivity contribution in [2.24, 2.45) is 5.92 Å². The van der Waals surface area contributed by atoms with Gasteiger partial charge in [-0.25, -0.2) is 9.67 Å². The second-order valence-electron chi connectivity index (χ2n) is 5.01. The van der Waals surface area contributed by atoms with Crippen molar-refractivity contribution < 1.29 is 18.0 Å². The van der Waals surface area contributed by atoms with Gasteiger partial charge in [-0.2, -0.15) is 23.4 Å². The molecule has 2 rings (SSSR count). The van der Waals surface area contributed by atoms with E-state index in [1.165, 1.54) is 11.0 Å². The normalized spacial score (nSPS) is 12.1. The van der Waals surface area contributed by atoms with Crippen molar-refractivity contribution in [2.75, 3.05) is 0 Å². The van der Waals surface area contributed by atoms with Gasteiger partial charge in [0.25, 0.3) is 5.78 Å². The molecule has 2 aromatic rings. The summed E-state index contributed by atoms with van der Waals surface area (Å²) < 4.78 is 39.8. The van der Waals surface area contributed by atoms with Crippen molar-refractivity contribution in [3.8, 4) is 0 Å². The highest BCUT2D eigenvalue weighted by Gasteiger charge is 2.40. The van der Waals surface area contributed by atoms with Gasteiger partial charge < -0.3 is 0 Å². The molecule has 9 heteroatoms. The highest BCUT2D eigenvalue weighted by Crippen LogP contribution is 2.21. The van der Waals surface area contributed by atoms with Crippen LogP contribution in [-0.4, -0.2) is 36.5 Å². The maximum atomic E-state index is 12.3. The van der Waals surface area contributed by atoms with E-state index in [-0.39, 0.29) is 6.54 Å². The third kappa shape index (κ3) is 3.67. The van der Waals surface area contributed by atoms with Gasteiger partial charge in [0.05, 0.1) is 11.8 Å². The van der Waals surface area contributed by atoms with Gasteiger partial charge in [0.2, 0.25) is 0 Å². The Kier molecular flexibility index (Phi) is 4.10. The highest BCUT2D eigenvalue weighted by atomic mass is 19.4. The summed E-state index contributed by atoms with van der Waals surface area (Å²) in [6, 6.07) is 0. The molecule has 0 aromatic carbocycles. The van der Waals surface area contributed by atoms with Crippen LogP contribution in [0.4, 0.5) is 13.2 Å². The van der Waals surface area contributed by atoms with E-state index in [0.29, 0.717) is 18.3 Å².